The third kappa shape index (κ3) is 4.55. The zero-order chi connectivity index (χ0) is 18.5. The highest BCUT2D eigenvalue weighted by atomic mass is 32.1. The number of aromatic nitrogens is 1. The number of rotatable bonds is 5. The van der Waals surface area contributed by atoms with Crippen LogP contribution in [0.2, 0.25) is 0 Å². The minimum atomic E-state index is -0.293. The van der Waals surface area contributed by atoms with Crippen molar-refractivity contribution in [3.05, 3.63) is 35.5 Å². The number of thiazole rings is 1. The number of hydrogen-bond acceptors (Lipinski definition) is 5. The zero-order valence-corrected chi connectivity index (χ0v) is 16.2. The molecule has 1 fully saturated rings. The molecule has 26 heavy (non-hydrogen) atoms. The van der Waals surface area contributed by atoms with Gasteiger partial charge >= 0.3 is 6.09 Å². The van der Waals surface area contributed by atoms with E-state index in [4.69, 9.17) is 10.5 Å². The van der Waals surface area contributed by atoms with Crippen molar-refractivity contribution in [1.82, 2.24) is 10.3 Å². The van der Waals surface area contributed by atoms with Crippen molar-refractivity contribution < 1.29 is 9.53 Å². The van der Waals surface area contributed by atoms with E-state index in [9.17, 15) is 4.79 Å². The van der Waals surface area contributed by atoms with Gasteiger partial charge in [0.2, 0.25) is 0 Å². The van der Waals surface area contributed by atoms with Crippen LogP contribution >= 0.6 is 11.3 Å². The number of carbonyl (C=O) groups excluding carboxylic acids is 1. The molecule has 0 bridgehead atoms. The predicted octanol–water partition coefficient (Wildman–Crippen LogP) is 4.94. The van der Waals surface area contributed by atoms with E-state index in [0.717, 1.165) is 48.2 Å². The third-order valence-corrected chi connectivity index (χ3v) is 6.22. The van der Waals surface area contributed by atoms with Crippen LogP contribution in [0.25, 0.3) is 10.4 Å². The van der Waals surface area contributed by atoms with Gasteiger partial charge in [0.05, 0.1) is 9.88 Å². The van der Waals surface area contributed by atoms with Gasteiger partial charge in [0.25, 0.3) is 0 Å². The number of alkyl carbamates (subject to hydrolysis) is 1. The van der Waals surface area contributed by atoms with E-state index in [-0.39, 0.29) is 18.2 Å². The van der Waals surface area contributed by atoms with E-state index in [2.05, 4.69) is 10.3 Å². The van der Waals surface area contributed by atoms with Crippen LogP contribution in [0.1, 0.15) is 56.9 Å². The molecule has 1 aromatic carbocycles. The van der Waals surface area contributed by atoms with E-state index in [1.54, 1.807) is 11.3 Å². The molecule has 3 N–H and O–H groups in total. The first-order chi connectivity index (χ1) is 12.6. The molecule has 0 radical (unpaired) electrons. The van der Waals surface area contributed by atoms with Gasteiger partial charge in [0, 0.05) is 29.4 Å². The number of carbonyl (C=O) groups is 1. The summed E-state index contributed by atoms with van der Waals surface area (Å²) < 4.78 is 5.31. The normalized spacial score (nSPS) is 21.2. The molecule has 1 aromatic heterocycles. The molecule has 0 aliphatic heterocycles. The Bertz CT molecular complexity index is 738. The molecule has 0 spiro atoms. The van der Waals surface area contributed by atoms with E-state index in [1.807, 2.05) is 44.3 Å². The second-order valence-electron chi connectivity index (χ2n) is 6.97. The second-order valence-corrected chi connectivity index (χ2v) is 8.03. The molecule has 0 saturated heterocycles. The highest BCUT2D eigenvalue weighted by Crippen LogP contribution is 2.38. The summed E-state index contributed by atoms with van der Waals surface area (Å²) >= 11 is 1.73. The lowest BCUT2D eigenvalue weighted by molar-refractivity contribution is 0.0992. The largest absolute Gasteiger partial charge is 0.447 e. The Kier molecular flexibility index (Phi) is 6.14. The van der Waals surface area contributed by atoms with Crippen LogP contribution in [0.3, 0.4) is 0 Å². The Morgan fingerprint density at radius 2 is 2.08 bits per heavy atom. The SMILES string of the molecule is CCC(C)OC(=O)N[C@H]1CC[C@H](c2ncc(-c3ccccc3N)s2)CC1. The Hall–Kier alpha value is -2.08. The molecular formula is C20H27N3O2S. The van der Waals surface area contributed by atoms with Gasteiger partial charge in [-0.3, -0.25) is 0 Å². The predicted molar refractivity (Wildman–Crippen MR) is 106 cm³/mol. The fraction of sp³-hybridized carbons (Fsp3) is 0.500. The molecule has 1 amide bonds. The number of nitrogens with zero attached hydrogens (tertiary/aromatic N) is 1. The lowest BCUT2D eigenvalue weighted by atomic mass is 9.86. The van der Waals surface area contributed by atoms with E-state index in [0.29, 0.717) is 5.92 Å². The smallest absolute Gasteiger partial charge is 0.407 e. The summed E-state index contributed by atoms with van der Waals surface area (Å²) in [6.07, 6.45) is 6.42. The van der Waals surface area contributed by atoms with Crippen LogP contribution in [0, 0.1) is 0 Å². The topological polar surface area (TPSA) is 77.2 Å². The van der Waals surface area contributed by atoms with Crippen LogP contribution < -0.4 is 11.1 Å². The minimum Gasteiger partial charge on any atom is -0.447 e. The zero-order valence-electron chi connectivity index (χ0n) is 15.4. The molecule has 1 atom stereocenters. The Balaban J connectivity index is 1.54. The van der Waals surface area contributed by atoms with Gasteiger partial charge < -0.3 is 15.8 Å². The van der Waals surface area contributed by atoms with Gasteiger partial charge in [0.1, 0.15) is 6.10 Å². The Labute approximate surface area is 159 Å². The van der Waals surface area contributed by atoms with Gasteiger partial charge in [-0.05, 0) is 45.1 Å². The number of hydrogen-bond donors (Lipinski definition) is 2. The summed E-state index contributed by atoms with van der Waals surface area (Å²) in [5.74, 6) is 0.460. The number of amides is 1. The number of anilines is 1. The van der Waals surface area contributed by atoms with Crippen molar-refractivity contribution >= 4 is 23.1 Å². The summed E-state index contributed by atoms with van der Waals surface area (Å²) in [6, 6.07) is 8.11. The van der Waals surface area contributed by atoms with Crippen molar-refractivity contribution in [2.45, 2.75) is 64.0 Å². The highest BCUT2D eigenvalue weighted by molar-refractivity contribution is 7.15. The van der Waals surface area contributed by atoms with Gasteiger partial charge in [-0.2, -0.15) is 0 Å². The molecule has 1 aliphatic rings. The molecule has 2 aromatic rings. The second kappa shape index (κ2) is 8.54. The van der Waals surface area contributed by atoms with Crippen molar-refractivity contribution in [1.29, 1.82) is 0 Å². The average Bonchev–Trinajstić information content (AvgIpc) is 3.12. The van der Waals surface area contributed by atoms with Crippen LogP contribution in [0.15, 0.2) is 30.5 Å². The molecular weight excluding hydrogens is 346 g/mol. The van der Waals surface area contributed by atoms with Crippen molar-refractivity contribution in [3.63, 3.8) is 0 Å². The number of benzene rings is 1. The highest BCUT2D eigenvalue weighted by Gasteiger charge is 2.26. The Morgan fingerprint density at radius 1 is 1.35 bits per heavy atom. The molecule has 6 heteroatoms. The quantitative estimate of drug-likeness (QED) is 0.728. The number of nitrogens with two attached hydrogens (primary N) is 1. The lowest BCUT2D eigenvalue weighted by Gasteiger charge is -2.28. The number of ether oxygens (including phenoxy) is 1. The molecule has 3 rings (SSSR count). The number of para-hydroxylation sites is 1. The Morgan fingerprint density at radius 3 is 2.77 bits per heavy atom. The van der Waals surface area contributed by atoms with Gasteiger partial charge in [0.15, 0.2) is 0 Å². The average molecular weight is 374 g/mol. The molecule has 1 heterocycles. The van der Waals surface area contributed by atoms with Crippen LogP contribution in [-0.4, -0.2) is 23.2 Å². The summed E-state index contributed by atoms with van der Waals surface area (Å²) in [4.78, 5) is 17.6. The minimum absolute atomic E-state index is 0.0366. The van der Waals surface area contributed by atoms with Crippen LogP contribution in [0.5, 0.6) is 0 Å². The van der Waals surface area contributed by atoms with E-state index in [1.165, 1.54) is 5.01 Å². The molecule has 1 aliphatic carbocycles. The standard InChI is InChI=1S/C20H27N3O2S/c1-3-13(2)25-20(24)23-15-10-8-14(9-11-15)19-22-12-18(26-19)16-6-4-5-7-17(16)21/h4-7,12-15H,3,8-11,21H2,1-2H3,(H,23,24)/t13?,14-,15-. The van der Waals surface area contributed by atoms with Crippen LogP contribution in [-0.2, 0) is 4.74 Å². The number of nitrogens with one attached hydrogen (secondary N) is 1. The molecule has 140 valence electrons. The summed E-state index contributed by atoms with van der Waals surface area (Å²) in [7, 11) is 0. The first kappa shape index (κ1) is 18.7. The summed E-state index contributed by atoms with van der Waals surface area (Å²) in [5.41, 5.74) is 7.92. The maximum atomic E-state index is 11.9. The maximum Gasteiger partial charge on any atom is 0.407 e. The molecule has 1 unspecified atom stereocenters. The molecule has 1 saturated carbocycles. The monoisotopic (exact) mass is 373 g/mol. The first-order valence-electron chi connectivity index (χ1n) is 9.34. The summed E-state index contributed by atoms with van der Waals surface area (Å²) in [5, 5.41) is 4.17. The summed E-state index contributed by atoms with van der Waals surface area (Å²) in [6.45, 7) is 3.92. The van der Waals surface area contributed by atoms with Gasteiger partial charge in [-0.25, -0.2) is 9.78 Å². The van der Waals surface area contributed by atoms with Crippen LogP contribution in [0.4, 0.5) is 10.5 Å². The van der Waals surface area contributed by atoms with Gasteiger partial charge in [-0.1, -0.05) is 25.1 Å². The fourth-order valence-electron chi connectivity index (χ4n) is 3.27. The maximum absolute atomic E-state index is 11.9. The van der Waals surface area contributed by atoms with E-state index >= 15 is 0 Å². The van der Waals surface area contributed by atoms with Crippen molar-refractivity contribution in [3.8, 4) is 10.4 Å². The lowest BCUT2D eigenvalue weighted by Crippen LogP contribution is -2.38. The fourth-order valence-corrected chi connectivity index (χ4v) is 4.41. The van der Waals surface area contributed by atoms with E-state index < -0.39 is 0 Å². The third-order valence-electron chi connectivity index (χ3n) is 5.03. The number of nitrogen functional groups attached to an aromatic ring is 1. The first-order valence-corrected chi connectivity index (χ1v) is 10.2. The molecule has 5 nitrogen and oxygen atoms in total. The van der Waals surface area contributed by atoms with Gasteiger partial charge in [-0.15, -0.1) is 11.3 Å². The van der Waals surface area contributed by atoms with Crippen molar-refractivity contribution in [2.24, 2.45) is 0 Å². The van der Waals surface area contributed by atoms with Crippen molar-refractivity contribution in [2.75, 3.05) is 5.73 Å².